The van der Waals surface area contributed by atoms with Crippen LogP contribution < -0.4 is 10.6 Å². The number of hydrogen-bond acceptors (Lipinski definition) is 7. The predicted octanol–water partition coefficient (Wildman–Crippen LogP) is 5.28. The van der Waals surface area contributed by atoms with E-state index in [1.807, 2.05) is 6.92 Å². The standard InChI is InChI=1S/C29H38N8/c1-21-26-27(37(25-12-6-7-13-25)29(33-26)32-22-9-4-3-5-10-22)34-28(30-21)31-23-11-8-14-24(16-15-23)36-19-17-35(2)18-20-36/h4,9-11,14-16,25H,3,5-8,12-13,17-20H2,1-2H3,(H,32,33)(H,30,31,34). The molecule has 0 bridgehead atoms. The molecule has 1 saturated carbocycles. The number of nitrogens with one attached hydrogen (secondary N) is 2. The molecule has 2 aromatic heterocycles. The Balaban J connectivity index is 1.26. The molecule has 3 aliphatic carbocycles. The maximum absolute atomic E-state index is 5.03. The van der Waals surface area contributed by atoms with Crippen LogP contribution in [-0.4, -0.2) is 62.5 Å². The summed E-state index contributed by atoms with van der Waals surface area (Å²) in [5, 5.41) is 7.09. The normalized spacial score (nSPS) is 21.1. The molecule has 0 unspecified atom stereocenters. The second-order valence-corrected chi connectivity index (χ2v) is 10.6. The van der Waals surface area contributed by atoms with Gasteiger partial charge in [-0.2, -0.15) is 4.98 Å². The van der Waals surface area contributed by atoms with Crippen LogP contribution in [-0.2, 0) is 0 Å². The molecule has 0 atom stereocenters. The van der Waals surface area contributed by atoms with E-state index in [1.54, 1.807) is 0 Å². The number of aryl methyl sites for hydroxylation is 1. The van der Waals surface area contributed by atoms with E-state index in [2.05, 4.69) is 74.6 Å². The van der Waals surface area contributed by atoms with Gasteiger partial charge in [-0.3, -0.25) is 4.57 Å². The minimum Gasteiger partial charge on any atom is -0.369 e. The van der Waals surface area contributed by atoms with Crippen LogP contribution in [0.2, 0.25) is 0 Å². The van der Waals surface area contributed by atoms with Crippen molar-refractivity contribution in [3.05, 3.63) is 65.3 Å². The lowest BCUT2D eigenvalue weighted by Gasteiger charge is -2.34. The Morgan fingerprint density at radius 3 is 2.43 bits per heavy atom. The summed E-state index contributed by atoms with van der Waals surface area (Å²) in [7, 11) is 2.19. The lowest BCUT2D eigenvalue weighted by Crippen LogP contribution is -2.43. The number of fused-ring (bicyclic) bond motifs is 1. The molecule has 2 fully saturated rings. The summed E-state index contributed by atoms with van der Waals surface area (Å²) in [6.07, 6.45) is 23.4. The van der Waals surface area contributed by atoms with Crippen molar-refractivity contribution in [1.29, 1.82) is 0 Å². The molecule has 37 heavy (non-hydrogen) atoms. The molecule has 8 nitrogen and oxygen atoms in total. The van der Waals surface area contributed by atoms with Crippen LogP contribution in [0.1, 0.15) is 56.7 Å². The lowest BCUT2D eigenvalue weighted by atomic mass is 10.1. The van der Waals surface area contributed by atoms with E-state index in [0.717, 1.165) is 92.5 Å². The average Bonchev–Trinajstić information content (AvgIpc) is 3.48. The fourth-order valence-corrected chi connectivity index (χ4v) is 5.74. The number of rotatable bonds is 6. The molecule has 0 radical (unpaired) electrons. The number of piperazine rings is 1. The molecular formula is C29H38N8. The average molecular weight is 499 g/mol. The highest BCUT2D eigenvalue weighted by molar-refractivity contribution is 5.79. The second kappa shape index (κ2) is 10.5. The number of anilines is 2. The summed E-state index contributed by atoms with van der Waals surface area (Å²) < 4.78 is 2.33. The number of nitrogens with zero attached hydrogens (tertiary/aromatic N) is 6. The van der Waals surface area contributed by atoms with Crippen LogP contribution in [0.4, 0.5) is 11.9 Å². The third-order valence-corrected chi connectivity index (χ3v) is 7.88. The van der Waals surface area contributed by atoms with Crippen molar-refractivity contribution in [2.75, 3.05) is 43.9 Å². The van der Waals surface area contributed by atoms with Crippen LogP contribution in [0, 0.1) is 6.92 Å². The Bertz CT molecular complexity index is 1300. The smallest absolute Gasteiger partial charge is 0.229 e. The van der Waals surface area contributed by atoms with Gasteiger partial charge in [-0.25, -0.2) is 9.97 Å². The zero-order chi connectivity index (χ0) is 25.2. The van der Waals surface area contributed by atoms with Gasteiger partial charge < -0.3 is 20.4 Å². The maximum atomic E-state index is 5.03. The van der Waals surface area contributed by atoms with E-state index in [-0.39, 0.29) is 0 Å². The number of aromatic nitrogens is 4. The van der Waals surface area contributed by atoms with Crippen molar-refractivity contribution >= 4 is 23.1 Å². The number of hydrogen-bond donors (Lipinski definition) is 2. The zero-order valence-corrected chi connectivity index (χ0v) is 22.1. The zero-order valence-electron chi connectivity index (χ0n) is 22.1. The second-order valence-electron chi connectivity index (χ2n) is 10.6. The van der Waals surface area contributed by atoms with Gasteiger partial charge in [0.2, 0.25) is 11.9 Å². The fourth-order valence-electron chi connectivity index (χ4n) is 5.74. The van der Waals surface area contributed by atoms with Gasteiger partial charge >= 0.3 is 0 Å². The van der Waals surface area contributed by atoms with E-state index in [0.29, 0.717) is 12.0 Å². The third-order valence-electron chi connectivity index (χ3n) is 7.88. The van der Waals surface area contributed by atoms with E-state index in [1.165, 1.54) is 18.5 Å². The maximum Gasteiger partial charge on any atom is 0.229 e. The molecule has 2 N–H and O–H groups in total. The first-order valence-electron chi connectivity index (χ1n) is 13.8. The van der Waals surface area contributed by atoms with Crippen LogP contribution >= 0.6 is 0 Å². The van der Waals surface area contributed by atoms with Gasteiger partial charge in [0.15, 0.2) is 5.65 Å². The van der Waals surface area contributed by atoms with E-state index < -0.39 is 0 Å². The Kier molecular flexibility index (Phi) is 6.83. The molecule has 0 amide bonds. The lowest BCUT2D eigenvalue weighted by molar-refractivity contribution is 0.190. The summed E-state index contributed by atoms with van der Waals surface area (Å²) in [5.74, 6) is 1.51. The van der Waals surface area contributed by atoms with Gasteiger partial charge in [0.05, 0.1) is 5.69 Å². The monoisotopic (exact) mass is 498 g/mol. The third kappa shape index (κ3) is 5.21. The molecule has 194 valence electrons. The van der Waals surface area contributed by atoms with Gasteiger partial charge in [0, 0.05) is 49.3 Å². The Morgan fingerprint density at radius 2 is 1.65 bits per heavy atom. The molecule has 1 saturated heterocycles. The first-order chi connectivity index (χ1) is 18.1. The van der Waals surface area contributed by atoms with Gasteiger partial charge in [-0.15, -0.1) is 0 Å². The first kappa shape index (κ1) is 24.0. The molecule has 3 heterocycles. The first-order valence-corrected chi connectivity index (χ1v) is 13.8. The molecule has 0 spiro atoms. The molecule has 6 rings (SSSR count). The minimum atomic E-state index is 0.412. The van der Waals surface area contributed by atoms with E-state index >= 15 is 0 Å². The number of imidazole rings is 1. The van der Waals surface area contributed by atoms with Gasteiger partial charge in [0.25, 0.3) is 0 Å². The summed E-state index contributed by atoms with van der Waals surface area (Å²) in [6.45, 7) is 6.40. The summed E-state index contributed by atoms with van der Waals surface area (Å²) in [5.41, 5.74) is 6.14. The molecule has 4 aliphatic rings. The highest BCUT2D eigenvalue weighted by atomic mass is 15.3. The van der Waals surface area contributed by atoms with E-state index in [9.17, 15) is 0 Å². The Labute approximate surface area is 219 Å². The largest absolute Gasteiger partial charge is 0.369 e. The fraction of sp³-hybridized carbons (Fsp3) is 0.483. The van der Waals surface area contributed by atoms with Crippen LogP contribution in [0.3, 0.4) is 0 Å². The Morgan fingerprint density at radius 1 is 0.838 bits per heavy atom. The van der Waals surface area contributed by atoms with Crippen molar-refractivity contribution in [2.24, 2.45) is 0 Å². The molecule has 0 aromatic carbocycles. The van der Waals surface area contributed by atoms with Crippen LogP contribution in [0.15, 0.2) is 59.6 Å². The van der Waals surface area contributed by atoms with Crippen molar-refractivity contribution in [1.82, 2.24) is 29.3 Å². The molecule has 8 heteroatoms. The van der Waals surface area contributed by atoms with Gasteiger partial charge in [-0.05, 0) is 64.3 Å². The molecular weight excluding hydrogens is 460 g/mol. The minimum absolute atomic E-state index is 0.412. The summed E-state index contributed by atoms with van der Waals surface area (Å²) in [4.78, 5) is 19.7. The summed E-state index contributed by atoms with van der Waals surface area (Å²) >= 11 is 0. The predicted molar refractivity (Wildman–Crippen MR) is 150 cm³/mol. The van der Waals surface area contributed by atoms with Crippen molar-refractivity contribution in [3.63, 3.8) is 0 Å². The Hall–Kier alpha value is -3.39. The topological polar surface area (TPSA) is 74.1 Å². The van der Waals surface area contributed by atoms with E-state index in [4.69, 9.17) is 15.0 Å². The highest BCUT2D eigenvalue weighted by Gasteiger charge is 2.25. The highest BCUT2D eigenvalue weighted by Crippen LogP contribution is 2.36. The SMILES string of the molecule is Cc1nc(NC2=CCC=C(N3CCN(C)CC3)C=C2)nc2c1nc(NC1=CCCC=C1)n2C1CCCC1. The molecule has 1 aliphatic heterocycles. The number of likely N-dealkylation sites (N-methyl/N-ethyl adjacent to an activating group) is 1. The van der Waals surface area contributed by atoms with Gasteiger partial charge in [0.1, 0.15) is 5.52 Å². The van der Waals surface area contributed by atoms with Crippen LogP contribution in [0.25, 0.3) is 11.2 Å². The van der Waals surface area contributed by atoms with Crippen molar-refractivity contribution in [2.45, 2.75) is 57.9 Å². The quantitative estimate of drug-likeness (QED) is 0.561. The summed E-state index contributed by atoms with van der Waals surface area (Å²) in [6, 6.07) is 0.412. The van der Waals surface area contributed by atoms with Crippen molar-refractivity contribution in [3.8, 4) is 0 Å². The molecule has 2 aromatic rings. The van der Waals surface area contributed by atoms with Gasteiger partial charge in [-0.1, -0.05) is 37.1 Å². The van der Waals surface area contributed by atoms with Crippen molar-refractivity contribution < 1.29 is 0 Å². The number of allylic oxidation sites excluding steroid dienone is 7. The van der Waals surface area contributed by atoms with Crippen LogP contribution in [0.5, 0.6) is 0 Å².